The molecule has 0 bridgehead atoms. The molecule has 0 aliphatic carbocycles. The molecule has 0 radical (unpaired) electrons. The Morgan fingerprint density at radius 2 is 2.17 bits per heavy atom. The van der Waals surface area contributed by atoms with Crippen LogP contribution in [0.2, 0.25) is 5.02 Å². The summed E-state index contributed by atoms with van der Waals surface area (Å²) in [6.07, 6.45) is 0. The fraction of sp³-hybridized carbons (Fsp3) is 0.308. The van der Waals surface area contributed by atoms with Crippen molar-refractivity contribution in [1.82, 2.24) is 14.5 Å². The van der Waals surface area contributed by atoms with E-state index in [9.17, 15) is 0 Å². The van der Waals surface area contributed by atoms with Gasteiger partial charge in [0.2, 0.25) is 0 Å². The summed E-state index contributed by atoms with van der Waals surface area (Å²) in [5.74, 6) is 0.993. The number of hydrogen-bond acceptors (Lipinski definition) is 2. The van der Waals surface area contributed by atoms with Crippen LogP contribution in [0, 0.1) is 0 Å². The van der Waals surface area contributed by atoms with Crippen LogP contribution in [0.25, 0.3) is 11.4 Å². The lowest BCUT2D eigenvalue weighted by Crippen LogP contribution is -2.30. The standard InChI is InChI=1S/C13H13BrClN3/c1-17-5-6-18-11(8-17)12(14)16-13(18)9-3-2-4-10(15)7-9/h2-4,7H,5-6,8H2,1H3. The van der Waals surface area contributed by atoms with Gasteiger partial charge in [0.05, 0.1) is 5.69 Å². The maximum absolute atomic E-state index is 6.05. The average molecular weight is 327 g/mol. The molecule has 1 aromatic heterocycles. The Labute approximate surface area is 120 Å². The van der Waals surface area contributed by atoms with Gasteiger partial charge in [0.15, 0.2) is 0 Å². The second kappa shape index (κ2) is 4.68. The summed E-state index contributed by atoms with van der Waals surface area (Å²) in [5.41, 5.74) is 2.30. The van der Waals surface area contributed by atoms with Crippen LogP contribution in [0.4, 0.5) is 0 Å². The van der Waals surface area contributed by atoms with Gasteiger partial charge < -0.3 is 4.57 Å². The molecule has 2 heterocycles. The van der Waals surface area contributed by atoms with Gasteiger partial charge in [0.1, 0.15) is 10.4 Å². The number of halogens is 2. The smallest absolute Gasteiger partial charge is 0.141 e. The van der Waals surface area contributed by atoms with Gasteiger partial charge >= 0.3 is 0 Å². The van der Waals surface area contributed by atoms with E-state index in [-0.39, 0.29) is 0 Å². The summed E-state index contributed by atoms with van der Waals surface area (Å²) >= 11 is 9.61. The van der Waals surface area contributed by atoms with Gasteiger partial charge in [-0.2, -0.15) is 0 Å². The third kappa shape index (κ3) is 2.09. The number of nitrogens with zero attached hydrogens (tertiary/aromatic N) is 3. The molecule has 0 spiro atoms. The molecule has 5 heteroatoms. The Balaban J connectivity index is 2.11. The number of hydrogen-bond donors (Lipinski definition) is 0. The highest BCUT2D eigenvalue weighted by Gasteiger charge is 2.21. The van der Waals surface area contributed by atoms with E-state index in [4.69, 9.17) is 11.6 Å². The van der Waals surface area contributed by atoms with Crippen molar-refractivity contribution < 1.29 is 0 Å². The fourth-order valence-corrected chi connectivity index (χ4v) is 3.00. The van der Waals surface area contributed by atoms with Crippen LogP contribution in [0.15, 0.2) is 28.9 Å². The maximum Gasteiger partial charge on any atom is 0.141 e. The zero-order valence-corrected chi connectivity index (χ0v) is 12.4. The molecule has 2 aromatic rings. The van der Waals surface area contributed by atoms with Gasteiger partial charge in [-0.25, -0.2) is 4.98 Å². The number of likely N-dealkylation sites (N-methyl/N-ethyl adjacent to an activating group) is 1. The van der Waals surface area contributed by atoms with Crippen molar-refractivity contribution in [2.24, 2.45) is 0 Å². The summed E-state index contributed by atoms with van der Waals surface area (Å²) in [5, 5.41) is 0.744. The predicted molar refractivity (Wildman–Crippen MR) is 76.7 cm³/mol. The SMILES string of the molecule is CN1CCn2c(-c3cccc(Cl)c3)nc(Br)c2C1. The summed E-state index contributed by atoms with van der Waals surface area (Å²) in [6.45, 7) is 2.93. The number of fused-ring (bicyclic) bond motifs is 1. The molecule has 3 nitrogen and oxygen atoms in total. The Bertz CT molecular complexity index is 594. The van der Waals surface area contributed by atoms with Crippen LogP contribution in [0.1, 0.15) is 5.69 Å². The van der Waals surface area contributed by atoms with Gasteiger partial charge in [-0.3, -0.25) is 4.90 Å². The lowest BCUT2D eigenvalue weighted by Gasteiger charge is -2.25. The van der Waals surface area contributed by atoms with Gasteiger partial charge in [0, 0.05) is 30.2 Å². The topological polar surface area (TPSA) is 21.1 Å². The number of imidazole rings is 1. The van der Waals surface area contributed by atoms with Gasteiger partial charge in [-0.05, 0) is 35.1 Å². The summed E-state index contributed by atoms with van der Waals surface area (Å²) in [4.78, 5) is 6.93. The highest BCUT2D eigenvalue weighted by atomic mass is 79.9. The van der Waals surface area contributed by atoms with Crippen LogP contribution in [-0.4, -0.2) is 28.0 Å². The Kier molecular flexibility index (Phi) is 3.18. The number of benzene rings is 1. The average Bonchev–Trinajstić information content (AvgIpc) is 2.67. The monoisotopic (exact) mass is 325 g/mol. The van der Waals surface area contributed by atoms with Crippen LogP contribution in [0.3, 0.4) is 0 Å². The molecule has 0 unspecified atom stereocenters. The highest BCUT2D eigenvalue weighted by Crippen LogP contribution is 2.29. The quantitative estimate of drug-likeness (QED) is 0.801. The number of aromatic nitrogens is 2. The van der Waals surface area contributed by atoms with Crippen molar-refractivity contribution in [3.8, 4) is 11.4 Å². The lowest BCUT2D eigenvalue weighted by atomic mass is 10.2. The molecular formula is C13H13BrClN3. The van der Waals surface area contributed by atoms with Gasteiger partial charge in [-0.1, -0.05) is 23.7 Å². The molecule has 0 fully saturated rings. The van der Waals surface area contributed by atoms with E-state index in [1.165, 1.54) is 5.69 Å². The van der Waals surface area contributed by atoms with Crippen LogP contribution in [0.5, 0.6) is 0 Å². The van der Waals surface area contributed by atoms with Crippen LogP contribution < -0.4 is 0 Å². The van der Waals surface area contributed by atoms with Crippen molar-refractivity contribution in [1.29, 1.82) is 0 Å². The molecule has 0 atom stereocenters. The van der Waals surface area contributed by atoms with E-state index >= 15 is 0 Å². The lowest BCUT2D eigenvalue weighted by molar-refractivity contribution is 0.270. The summed E-state index contributed by atoms with van der Waals surface area (Å²) in [7, 11) is 2.13. The van der Waals surface area contributed by atoms with Gasteiger partial charge in [-0.15, -0.1) is 0 Å². The van der Waals surface area contributed by atoms with E-state index in [0.29, 0.717) is 0 Å². The predicted octanol–water partition coefficient (Wildman–Crippen LogP) is 3.41. The Morgan fingerprint density at radius 1 is 1.33 bits per heavy atom. The molecule has 0 amide bonds. The van der Waals surface area contributed by atoms with E-state index in [2.05, 4.69) is 37.4 Å². The van der Waals surface area contributed by atoms with E-state index < -0.39 is 0 Å². The summed E-state index contributed by atoms with van der Waals surface area (Å²) in [6, 6.07) is 7.85. The third-order valence-corrected chi connectivity index (χ3v) is 4.10. The molecule has 18 heavy (non-hydrogen) atoms. The first-order valence-electron chi connectivity index (χ1n) is 5.84. The fourth-order valence-electron chi connectivity index (χ4n) is 2.30. The largest absolute Gasteiger partial charge is 0.325 e. The summed E-state index contributed by atoms with van der Waals surface area (Å²) < 4.78 is 3.21. The molecule has 1 aliphatic rings. The second-order valence-electron chi connectivity index (χ2n) is 4.57. The van der Waals surface area contributed by atoms with Crippen molar-refractivity contribution >= 4 is 27.5 Å². The molecule has 1 aromatic carbocycles. The van der Waals surface area contributed by atoms with Gasteiger partial charge in [0.25, 0.3) is 0 Å². The Hall–Kier alpha value is -0.840. The number of rotatable bonds is 1. The molecular weight excluding hydrogens is 314 g/mol. The normalized spacial score (nSPS) is 15.7. The van der Waals surface area contributed by atoms with Crippen molar-refractivity contribution in [3.05, 3.63) is 39.6 Å². The highest BCUT2D eigenvalue weighted by molar-refractivity contribution is 9.10. The minimum atomic E-state index is 0.744. The first-order valence-corrected chi connectivity index (χ1v) is 7.01. The molecule has 0 saturated carbocycles. The van der Waals surface area contributed by atoms with E-state index in [0.717, 1.165) is 40.6 Å². The minimum Gasteiger partial charge on any atom is -0.325 e. The molecule has 94 valence electrons. The second-order valence-corrected chi connectivity index (χ2v) is 5.76. The van der Waals surface area contributed by atoms with Crippen molar-refractivity contribution in [2.45, 2.75) is 13.1 Å². The van der Waals surface area contributed by atoms with Crippen molar-refractivity contribution in [3.63, 3.8) is 0 Å². The van der Waals surface area contributed by atoms with E-state index in [1.54, 1.807) is 0 Å². The first kappa shape index (κ1) is 12.2. The zero-order valence-electron chi connectivity index (χ0n) is 10.0. The molecule has 0 saturated heterocycles. The minimum absolute atomic E-state index is 0.744. The first-order chi connectivity index (χ1) is 8.65. The Morgan fingerprint density at radius 3 is 2.94 bits per heavy atom. The van der Waals surface area contributed by atoms with E-state index in [1.807, 2.05) is 24.3 Å². The molecule has 1 aliphatic heterocycles. The molecule has 3 rings (SSSR count). The van der Waals surface area contributed by atoms with Crippen LogP contribution >= 0.6 is 27.5 Å². The molecule has 0 N–H and O–H groups in total. The van der Waals surface area contributed by atoms with Crippen molar-refractivity contribution in [2.75, 3.05) is 13.6 Å². The van der Waals surface area contributed by atoms with Crippen LogP contribution in [-0.2, 0) is 13.1 Å². The third-order valence-electron chi connectivity index (χ3n) is 3.23. The zero-order chi connectivity index (χ0) is 12.7. The maximum atomic E-state index is 6.05.